The summed E-state index contributed by atoms with van der Waals surface area (Å²) < 4.78 is 21.3. The minimum Gasteiger partial charge on any atom is -0.549 e. The molecule has 0 unspecified atom stereocenters. The van der Waals surface area contributed by atoms with E-state index in [0.717, 1.165) is 0 Å². The summed E-state index contributed by atoms with van der Waals surface area (Å²) >= 11 is 0. The van der Waals surface area contributed by atoms with Crippen LogP contribution in [0.15, 0.2) is 0 Å². The van der Waals surface area contributed by atoms with Gasteiger partial charge in [0.05, 0.1) is 25.3 Å². The number of carbonyl (C=O) groups is 1. The topological polar surface area (TPSA) is 75.7 Å². The van der Waals surface area contributed by atoms with Crippen molar-refractivity contribution in [1.29, 1.82) is 0 Å². The molecule has 0 aromatic carbocycles. The third-order valence-corrected chi connectivity index (χ3v) is 3.32. The monoisotopic (exact) mass is 207 g/mol. The SMILES string of the molecule is CC1(C)COP(=O)(CC(=O)[O-])OC1. The molecule has 0 aromatic rings. The molecule has 0 spiro atoms. The number of carboxylic acid groups (broad SMARTS) is 1. The van der Waals surface area contributed by atoms with E-state index in [9.17, 15) is 14.5 Å². The predicted molar refractivity (Wildman–Crippen MR) is 43.2 cm³/mol. The highest BCUT2D eigenvalue weighted by Crippen LogP contribution is 2.52. The second-order valence-corrected chi connectivity index (χ2v) is 5.91. The quantitative estimate of drug-likeness (QED) is 0.596. The van der Waals surface area contributed by atoms with E-state index in [2.05, 4.69) is 0 Å². The molecular formula is C7H12O5P-. The third-order valence-electron chi connectivity index (χ3n) is 1.63. The number of rotatable bonds is 2. The Kier molecular flexibility index (Phi) is 2.80. The summed E-state index contributed by atoms with van der Waals surface area (Å²) in [5.74, 6) is -1.41. The molecule has 0 saturated carbocycles. The van der Waals surface area contributed by atoms with Gasteiger partial charge in [0.25, 0.3) is 0 Å². The van der Waals surface area contributed by atoms with E-state index in [-0.39, 0.29) is 18.6 Å². The van der Waals surface area contributed by atoms with Gasteiger partial charge in [-0.3, -0.25) is 4.57 Å². The molecule has 0 bridgehead atoms. The molecule has 76 valence electrons. The minimum atomic E-state index is -3.41. The Balaban J connectivity index is 2.57. The van der Waals surface area contributed by atoms with Crippen molar-refractivity contribution in [1.82, 2.24) is 0 Å². The van der Waals surface area contributed by atoms with Crippen LogP contribution in [0.4, 0.5) is 0 Å². The van der Waals surface area contributed by atoms with Crippen molar-refractivity contribution in [3.63, 3.8) is 0 Å². The van der Waals surface area contributed by atoms with Crippen LogP contribution < -0.4 is 5.11 Å². The van der Waals surface area contributed by atoms with Gasteiger partial charge in [0.1, 0.15) is 0 Å². The maximum atomic E-state index is 11.5. The molecule has 1 aliphatic rings. The lowest BCUT2D eigenvalue weighted by Crippen LogP contribution is -2.33. The van der Waals surface area contributed by atoms with Gasteiger partial charge in [-0.2, -0.15) is 0 Å². The molecule has 1 heterocycles. The molecule has 0 N–H and O–H groups in total. The van der Waals surface area contributed by atoms with Crippen molar-refractivity contribution in [3.8, 4) is 0 Å². The molecule has 0 radical (unpaired) electrons. The molecule has 1 fully saturated rings. The van der Waals surface area contributed by atoms with E-state index in [1.807, 2.05) is 13.8 Å². The molecule has 13 heavy (non-hydrogen) atoms. The average Bonchev–Trinajstić information content (AvgIpc) is 1.95. The highest BCUT2D eigenvalue weighted by atomic mass is 31.2. The van der Waals surface area contributed by atoms with E-state index in [4.69, 9.17) is 9.05 Å². The van der Waals surface area contributed by atoms with Crippen molar-refractivity contribution in [2.24, 2.45) is 5.41 Å². The molecule has 1 rings (SSSR count). The second-order valence-electron chi connectivity index (χ2n) is 3.85. The number of carboxylic acids is 1. The Morgan fingerprint density at radius 2 is 1.92 bits per heavy atom. The van der Waals surface area contributed by atoms with Crippen molar-refractivity contribution in [2.45, 2.75) is 13.8 Å². The second kappa shape index (κ2) is 3.40. The van der Waals surface area contributed by atoms with Crippen LogP contribution in [0.2, 0.25) is 0 Å². The smallest absolute Gasteiger partial charge is 0.336 e. The number of hydrogen-bond donors (Lipinski definition) is 0. The lowest BCUT2D eigenvalue weighted by atomic mass is 9.97. The van der Waals surface area contributed by atoms with E-state index >= 15 is 0 Å². The zero-order valence-electron chi connectivity index (χ0n) is 7.61. The van der Waals surface area contributed by atoms with Crippen LogP contribution in [-0.2, 0) is 18.4 Å². The fourth-order valence-electron chi connectivity index (χ4n) is 0.875. The number of hydrogen-bond acceptors (Lipinski definition) is 5. The van der Waals surface area contributed by atoms with E-state index in [1.54, 1.807) is 0 Å². The van der Waals surface area contributed by atoms with Crippen LogP contribution in [0.5, 0.6) is 0 Å². The first-order valence-electron chi connectivity index (χ1n) is 3.91. The first-order chi connectivity index (χ1) is 5.83. The van der Waals surface area contributed by atoms with E-state index < -0.39 is 19.7 Å². The van der Waals surface area contributed by atoms with Gasteiger partial charge >= 0.3 is 7.60 Å². The van der Waals surface area contributed by atoms with Gasteiger partial charge in [-0.1, -0.05) is 13.8 Å². The predicted octanol–water partition coefficient (Wildman–Crippen LogP) is 0.00240. The highest BCUT2D eigenvalue weighted by Gasteiger charge is 2.36. The molecule has 1 saturated heterocycles. The van der Waals surface area contributed by atoms with Crippen molar-refractivity contribution in [2.75, 3.05) is 19.4 Å². The molecule has 0 aliphatic carbocycles. The number of aliphatic carboxylic acids is 1. The van der Waals surface area contributed by atoms with Crippen molar-refractivity contribution in [3.05, 3.63) is 0 Å². The molecule has 0 aromatic heterocycles. The zero-order valence-corrected chi connectivity index (χ0v) is 8.50. The van der Waals surface area contributed by atoms with Gasteiger partial charge in [0.2, 0.25) is 0 Å². The van der Waals surface area contributed by atoms with Crippen LogP contribution in [0.25, 0.3) is 0 Å². The van der Waals surface area contributed by atoms with Gasteiger partial charge in [-0.15, -0.1) is 0 Å². The molecule has 1 aliphatic heterocycles. The third kappa shape index (κ3) is 3.10. The fourth-order valence-corrected chi connectivity index (χ4v) is 2.54. The van der Waals surface area contributed by atoms with Crippen LogP contribution in [0, 0.1) is 5.41 Å². The maximum Gasteiger partial charge on any atom is 0.336 e. The van der Waals surface area contributed by atoms with Crippen LogP contribution in [-0.4, -0.2) is 25.3 Å². The van der Waals surface area contributed by atoms with Crippen molar-refractivity contribution < 1.29 is 23.5 Å². The fraction of sp³-hybridized carbons (Fsp3) is 0.857. The standard InChI is InChI=1S/C7H13O5P/c1-7(2)4-11-13(10,12-5-7)3-6(8)9/h3-5H2,1-2H3,(H,8,9)/p-1. The summed E-state index contributed by atoms with van der Waals surface area (Å²) in [6.45, 7) is 4.26. The summed E-state index contributed by atoms with van der Waals surface area (Å²) in [6.07, 6.45) is -0.664. The van der Waals surface area contributed by atoms with Gasteiger partial charge in [-0.25, -0.2) is 0 Å². The normalized spacial score (nSPS) is 25.4. The molecule has 5 nitrogen and oxygen atoms in total. The van der Waals surface area contributed by atoms with Crippen LogP contribution >= 0.6 is 7.60 Å². The summed E-state index contributed by atoms with van der Waals surface area (Å²) in [7, 11) is -3.41. The molecule has 0 amide bonds. The summed E-state index contributed by atoms with van der Waals surface area (Å²) in [5, 5.41) is 10.2. The van der Waals surface area contributed by atoms with Gasteiger partial charge < -0.3 is 18.9 Å². The summed E-state index contributed by atoms with van der Waals surface area (Å²) in [4.78, 5) is 10.2. The van der Waals surface area contributed by atoms with Crippen LogP contribution in [0.1, 0.15) is 13.8 Å². The average molecular weight is 207 g/mol. The van der Waals surface area contributed by atoms with Crippen LogP contribution in [0.3, 0.4) is 0 Å². The zero-order chi connectivity index (χ0) is 10.1. The first kappa shape index (κ1) is 10.7. The lowest BCUT2D eigenvalue weighted by Gasteiger charge is -2.34. The minimum absolute atomic E-state index is 0.208. The summed E-state index contributed by atoms with van der Waals surface area (Å²) in [5.41, 5.74) is -0.208. The van der Waals surface area contributed by atoms with Crippen molar-refractivity contribution >= 4 is 13.6 Å². The maximum absolute atomic E-state index is 11.5. The lowest BCUT2D eigenvalue weighted by molar-refractivity contribution is -0.301. The Hall–Kier alpha value is -0.380. The summed E-state index contributed by atoms with van der Waals surface area (Å²) in [6, 6.07) is 0. The Bertz CT molecular complexity index is 246. The van der Waals surface area contributed by atoms with E-state index in [0.29, 0.717) is 0 Å². The number of carbonyl (C=O) groups excluding carboxylic acids is 1. The van der Waals surface area contributed by atoms with Gasteiger partial charge in [0, 0.05) is 5.41 Å². The Morgan fingerprint density at radius 1 is 1.46 bits per heavy atom. The molecule has 6 heteroatoms. The first-order valence-corrected chi connectivity index (χ1v) is 5.64. The van der Waals surface area contributed by atoms with Gasteiger partial charge in [-0.05, 0) is 0 Å². The highest BCUT2D eigenvalue weighted by molar-refractivity contribution is 7.54. The van der Waals surface area contributed by atoms with Gasteiger partial charge in [0.15, 0.2) is 0 Å². The molecule has 0 atom stereocenters. The molecular weight excluding hydrogens is 195 g/mol. The largest absolute Gasteiger partial charge is 0.549 e. The Morgan fingerprint density at radius 3 is 2.31 bits per heavy atom. The Labute approximate surface area is 76.6 Å². The van der Waals surface area contributed by atoms with E-state index in [1.165, 1.54) is 0 Å².